The molecule has 0 radical (unpaired) electrons. The molecule has 0 aromatic heterocycles. The zero-order valence-corrected chi connectivity index (χ0v) is 20.1. The van der Waals surface area contributed by atoms with Crippen LogP contribution in [0.4, 0.5) is 4.79 Å². The fraction of sp³-hybridized carbons (Fsp3) is 0.417. The Bertz CT molecular complexity index is 894. The van der Waals surface area contributed by atoms with E-state index in [4.69, 9.17) is 14.0 Å². The highest BCUT2D eigenvalue weighted by Crippen LogP contribution is 2.44. The molecule has 0 heterocycles. The van der Waals surface area contributed by atoms with E-state index in [0.717, 1.165) is 18.4 Å². The van der Waals surface area contributed by atoms with Gasteiger partial charge in [0.1, 0.15) is 18.4 Å². The molecule has 0 aliphatic rings. The van der Waals surface area contributed by atoms with Crippen molar-refractivity contribution in [1.82, 2.24) is 10.4 Å². The zero-order valence-electron chi connectivity index (χ0n) is 19.2. The number of amides is 1. The Morgan fingerprint density at radius 3 is 2.30 bits per heavy atom. The number of hydrogen-bond donors (Lipinski definition) is 2. The summed E-state index contributed by atoms with van der Waals surface area (Å²) >= 11 is 0. The quantitative estimate of drug-likeness (QED) is 0.227. The van der Waals surface area contributed by atoms with Gasteiger partial charge in [0, 0.05) is 6.54 Å². The van der Waals surface area contributed by atoms with E-state index in [9.17, 15) is 14.2 Å². The van der Waals surface area contributed by atoms with Crippen LogP contribution in [-0.2, 0) is 25.4 Å². The number of unbranched alkanes of at least 4 members (excludes halogenated alkanes) is 1. The smallest absolute Gasteiger partial charge is 0.407 e. The lowest BCUT2D eigenvalue weighted by Gasteiger charge is -2.23. The third kappa shape index (κ3) is 10.6. The number of rotatable bonds is 14. The molecule has 2 rings (SSSR count). The predicted molar refractivity (Wildman–Crippen MR) is 127 cm³/mol. The Hall–Kier alpha value is -2.83. The minimum Gasteiger partial charge on any atom is -0.465 e. The van der Waals surface area contributed by atoms with Gasteiger partial charge in [-0.05, 0) is 37.5 Å². The van der Waals surface area contributed by atoms with Crippen LogP contribution in [0.25, 0.3) is 0 Å². The Kier molecular flexibility index (Phi) is 11.5. The summed E-state index contributed by atoms with van der Waals surface area (Å²) in [5.74, 6) is -0.0573. The van der Waals surface area contributed by atoms with Crippen molar-refractivity contribution in [3.05, 3.63) is 66.2 Å². The zero-order chi connectivity index (χ0) is 23.9. The minimum atomic E-state index is -3.46. The number of carbonyl (C=O) groups is 2. The molecular formula is C24H33N2O6P. The largest absolute Gasteiger partial charge is 0.465 e. The van der Waals surface area contributed by atoms with Crippen molar-refractivity contribution in [1.29, 1.82) is 0 Å². The molecule has 0 saturated carbocycles. The normalized spacial score (nSPS) is 13.4. The van der Waals surface area contributed by atoms with Gasteiger partial charge < -0.3 is 19.3 Å². The van der Waals surface area contributed by atoms with Crippen molar-refractivity contribution < 1.29 is 28.2 Å². The molecule has 0 aliphatic carbocycles. The van der Waals surface area contributed by atoms with Gasteiger partial charge in [0.2, 0.25) is 0 Å². The molecule has 9 heteroatoms. The standard InChI is InChI=1S/C24H33N2O6P/c1-3-4-17-30-23(27)20(2)26-33(29,32-22-14-9-6-10-15-22)18-11-16-25-24(28)31-19-21-12-7-5-8-13-21/h5-10,12-15,20H,3-4,11,16-19H2,1-2H3,(H,25,28)(H,26,29)/t20-,33?/m0/s1. The van der Waals surface area contributed by atoms with Crippen molar-refractivity contribution in [2.24, 2.45) is 0 Å². The highest BCUT2D eigenvalue weighted by Gasteiger charge is 2.30. The number of alkyl carbamates (subject to hydrolysis) is 1. The summed E-state index contributed by atoms with van der Waals surface area (Å²) in [7, 11) is -3.46. The summed E-state index contributed by atoms with van der Waals surface area (Å²) in [6.07, 6.45) is 1.58. The fourth-order valence-corrected chi connectivity index (χ4v) is 4.84. The van der Waals surface area contributed by atoms with Gasteiger partial charge in [0.15, 0.2) is 0 Å². The van der Waals surface area contributed by atoms with Crippen molar-refractivity contribution in [2.75, 3.05) is 19.3 Å². The maximum atomic E-state index is 13.5. The first-order valence-corrected chi connectivity index (χ1v) is 13.0. The topological polar surface area (TPSA) is 103 Å². The number of ether oxygens (including phenoxy) is 2. The van der Waals surface area contributed by atoms with Crippen LogP contribution < -0.4 is 14.9 Å². The molecule has 1 unspecified atom stereocenters. The lowest BCUT2D eigenvalue weighted by molar-refractivity contribution is -0.145. The van der Waals surface area contributed by atoms with Crippen molar-refractivity contribution in [2.45, 2.75) is 45.8 Å². The van der Waals surface area contributed by atoms with Gasteiger partial charge in [0.05, 0.1) is 12.8 Å². The Morgan fingerprint density at radius 2 is 1.64 bits per heavy atom. The molecule has 0 bridgehead atoms. The molecule has 33 heavy (non-hydrogen) atoms. The summed E-state index contributed by atoms with van der Waals surface area (Å²) < 4.78 is 29.6. The van der Waals surface area contributed by atoms with Crippen LogP contribution in [0.15, 0.2) is 60.7 Å². The third-order valence-electron chi connectivity index (χ3n) is 4.59. The van der Waals surface area contributed by atoms with Gasteiger partial charge in [-0.15, -0.1) is 0 Å². The fourth-order valence-electron chi connectivity index (χ4n) is 2.83. The Morgan fingerprint density at radius 1 is 0.970 bits per heavy atom. The van der Waals surface area contributed by atoms with Gasteiger partial charge in [-0.1, -0.05) is 61.9 Å². The second-order valence-corrected chi connectivity index (χ2v) is 9.75. The van der Waals surface area contributed by atoms with E-state index in [2.05, 4.69) is 10.4 Å². The van der Waals surface area contributed by atoms with Crippen LogP contribution in [0.1, 0.15) is 38.7 Å². The van der Waals surface area contributed by atoms with E-state index in [1.54, 1.807) is 31.2 Å². The maximum absolute atomic E-state index is 13.5. The Balaban J connectivity index is 1.86. The summed E-state index contributed by atoms with van der Waals surface area (Å²) in [6, 6.07) is 17.3. The number of benzene rings is 2. The summed E-state index contributed by atoms with van der Waals surface area (Å²) in [5, 5.41) is 5.46. The van der Waals surface area contributed by atoms with Crippen molar-refractivity contribution in [3.8, 4) is 5.75 Å². The third-order valence-corrected chi connectivity index (χ3v) is 6.78. The lowest BCUT2D eigenvalue weighted by Crippen LogP contribution is -2.36. The summed E-state index contributed by atoms with van der Waals surface area (Å²) in [6.45, 7) is 4.33. The van der Waals surface area contributed by atoms with Crippen LogP contribution in [0.3, 0.4) is 0 Å². The van der Waals surface area contributed by atoms with E-state index in [-0.39, 0.29) is 19.3 Å². The molecule has 0 fully saturated rings. The first-order chi connectivity index (χ1) is 15.9. The molecule has 2 atom stereocenters. The van der Waals surface area contributed by atoms with Gasteiger partial charge in [-0.3, -0.25) is 9.36 Å². The number of carbonyl (C=O) groups excluding carboxylic acids is 2. The molecule has 180 valence electrons. The van der Waals surface area contributed by atoms with E-state index >= 15 is 0 Å². The highest BCUT2D eigenvalue weighted by atomic mass is 31.2. The monoisotopic (exact) mass is 476 g/mol. The van der Waals surface area contributed by atoms with Gasteiger partial charge in [-0.2, -0.15) is 0 Å². The van der Waals surface area contributed by atoms with E-state index in [1.165, 1.54) is 0 Å². The average Bonchev–Trinajstić information content (AvgIpc) is 2.82. The van der Waals surface area contributed by atoms with Crippen LogP contribution >= 0.6 is 7.52 Å². The molecule has 2 N–H and O–H groups in total. The summed E-state index contributed by atoms with van der Waals surface area (Å²) in [5.41, 5.74) is 0.887. The minimum absolute atomic E-state index is 0.105. The number of esters is 1. The summed E-state index contributed by atoms with van der Waals surface area (Å²) in [4.78, 5) is 24.1. The molecule has 2 aromatic carbocycles. The SMILES string of the molecule is CCCCOC(=O)[C@H](C)NP(=O)(CCCNC(=O)OCc1ccccc1)Oc1ccccc1. The average molecular weight is 477 g/mol. The van der Waals surface area contributed by atoms with Crippen molar-refractivity contribution >= 4 is 19.6 Å². The van der Waals surface area contributed by atoms with Crippen LogP contribution in [0, 0.1) is 0 Å². The predicted octanol–water partition coefficient (Wildman–Crippen LogP) is 4.90. The van der Waals surface area contributed by atoms with Crippen LogP contribution in [0.2, 0.25) is 0 Å². The molecule has 1 amide bonds. The maximum Gasteiger partial charge on any atom is 0.407 e. The number of para-hydroxylation sites is 1. The first-order valence-electron chi connectivity index (χ1n) is 11.1. The number of nitrogens with one attached hydrogen (secondary N) is 2. The second kappa shape index (κ2) is 14.3. The van der Waals surface area contributed by atoms with E-state index < -0.39 is 25.6 Å². The van der Waals surface area contributed by atoms with Gasteiger partial charge >= 0.3 is 19.6 Å². The van der Waals surface area contributed by atoms with Crippen LogP contribution in [0.5, 0.6) is 5.75 Å². The Labute approximate surface area is 195 Å². The molecule has 2 aromatic rings. The van der Waals surface area contributed by atoms with Crippen LogP contribution in [-0.4, -0.2) is 37.4 Å². The molecule has 0 saturated heterocycles. The number of hydrogen-bond acceptors (Lipinski definition) is 6. The molecule has 0 spiro atoms. The first kappa shape index (κ1) is 26.4. The van der Waals surface area contributed by atoms with Gasteiger partial charge in [-0.25, -0.2) is 9.88 Å². The van der Waals surface area contributed by atoms with E-state index in [1.807, 2.05) is 43.3 Å². The van der Waals surface area contributed by atoms with Gasteiger partial charge in [0.25, 0.3) is 0 Å². The molecular weight excluding hydrogens is 443 g/mol. The second-order valence-electron chi connectivity index (χ2n) is 7.52. The van der Waals surface area contributed by atoms with Crippen molar-refractivity contribution in [3.63, 3.8) is 0 Å². The molecule has 0 aliphatic heterocycles. The lowest BCUT2D eigenvalue weighted by atomic mass is 10.2. The molecule has 8 nitrogen and oxygen atoms in total. The highest BCUT2D eigenvalue weighted by molar-refractivity contribution is 7.57. The van der Waals surface area contributed by atoms with E-state index in [0.29, 0.717) is 18.8 Å².